The maximum Gasteiger partial charge on any atom is 0.251 e. The Labute approximate surface area is 207 Å². The first-order chi connectivity index (χ1) is 15.2. The van der Waals surface area contributed by atoms with Crippen LogP contribution in [-0.4, -0.2) is 50.8 Å². The van der Waals surface area contributed by atoms with E-state index in [1.54, 1.807) is 0 Å². The predicted octanol–water partition coefficient (Wildman–Crippen LogP) is 3.35. The summed E-state index contributed by atoms with van der Waals surface area (Å²) in [7, 11) is 0. The van der Waals surface area contributed by atoms with Crippen LogP contribution in [0.1, 0.15) is 35.7 Å². The van der Waals surface area contributed by atoms with Crippen molar-refractivity contribution in [3.05, 3.63) is 65.7 Å². The highest BCUT2D eigenvalue weighted by Gasteiger charge is 2.16. The topological polar surface area (TPSA) is 84.0 Å². The number of ether oxygens (including phenoxy) is 2. The number of carbonyl (C=O) groups excluding carboxylic acids is 1. The average Bonchev–Trinajstić information content (AvgIpc) is 3.33. The molecule has 3 rings (SSSR count). The van der Waals surface area contributed by atoms with Gasteiger partial charge in [-0.3, -0.25) is 4.79 Å². The number of nitrogens with zero attached hydrogens (tertiary/aromatic N) is 1. The van der Waals surface area contributed by atoms with Gasteiger partial charge in [0.15, 0.2) is 5.96 Å². The van der Waals surface area contributed by atoms with Crippen molar-refractivity contribution in [3.63, 3.8) is 0 Å². The smallest absolute Gasteiger partial charge is 0.251 e. The lowest BCUT2D eigenvalue weighted by atomic mass is 10.1. The van der Waals surface area contributed by atoms with Gasteiger partial charge in [0.1, 0.15) is 12.4 Å². The summed E-state index contributed by atoms with van der Waals surface area (Å²) in [6.07, 6.45) is 2.21. The highest BCUT2D eigenvalue weighted by atomic mass is 127. The van der Waals surface area contributed by atoms with E-state index in [0.717, 1.165) is 37.3 Å². The quantitative estimate of drug-likeness (QED) is 0.182. The number of hydrogen-bond donors (Lipinski definition) is 3. The van der Waals surface area contributed by atoms with Gasteiger partial charge >= 0.3 is 0 Å². The van der Waals surface area contributed by atoms with E-state index in [1.165, 1.54) is 0 Å². The molecule has 0 spiro atoms. The van der Waals surface area contributed by atoms with Crippen molar-refractivity contribution in [2.75, 3.05) is 32.8 Å². The van der Waals surface area contributed by atoms with Gasteiger partial charge in [0.2, 0.25) is 0 Å². The molecule has 1 aliphatic heterocycles. The van der Waals surface area contributed by atoms with Crippen molar-refractivity contribution in [1.82, 2.24) is 16.0 Å². The van der Waals surface area contributed by atoms with Gasteiger partial charge in [-0.1, -0.05) is 30.3 Å². The van der Waals surface area contributed by atoms with Crippen molar-refractivity contribution in [3.8, 4) is 5.75 Å². The molecule has 2 aromatic rings. The Morgan fingerprint density at radius 1 is 1.12 bits per heavy atom. The summed E-state index contributed by atoms with van der Waals surface area (Å²) in [4.78, 5) is 17.1. The van der Waals surface area contributed by atoms with E-state index in [1.807, 2.05) is 61.5 Å². The number of halogens is 1. The SMILES string of the molecule is CCNC(=NCc1cccc(C(=O)NCC2CCCO2)c1)NCCOc1ccccc1.I. The molecule has 7 nitrogen and oxygen atoms in total. The Hall–Kier alpha value is -2.33. The van der Waals surface area contributed by atoms with Gasteiger partial charge in [-0.2, -0.15) is 0 Å². The molecule has 174 valence electrons. The second kappa shape index (κ2) is 14.7. The number of hydrogen-bond acceptors (Lipinski definition) is 4. The number of amides is 1. The van der Waals surface area contributed by atoms with Gasteiger partial charge in [0.25, 0.3) is 5.91 Å². The minimum Gasteiger partial charge on any atom is -0.492 e. The van der Waals surface area contributed by atoms with Crippen LogP contribution < -0.4 is 20.7 Å². The normalized spacial score (nSPS) is 15.5. The van der Waals surface area contributed by atoms with Gasteiger partial charge in [-0.05, 0) is 49.6 Å². The van der Waals surface area contributed by atoms with E-state index in [0.29, 0.717) is 37.8 Å². The third-order valence-electron chi connectivity index (χ3n) is 4.87. The third-order valence-corrected chi connectivity index (χ3v) is 4.87. The monoisotopic (exact) mass is 552 g/mol. The fourth-order valence-electron chi connectivity index (χ4n) is 3.29. The summed E-state index contributed by atoms with van der Waals surface area (Å²) in [5.74, 6) is 1.48. The van der Waals surface area contributed by atoms with Gasteiger partial charge in [-0.25, -0.2) is 4.99 Å². The minimum absolute atomic E-state index is 0. The molecule has 32 heavy (non-hydrogen) atoms. The highest BCUT2D eigenvalue weighted by molar-refractivity contribution is 14.0. The van der Waals surface area contributed by atoms with Crippen molar-refractivity contribution in [2.45, 2.75) is 32.4 Å². The lowest BCUT2D eigenvalue weighted by molar-refractivity contribution is 0.0857. The minimum atomic E-state index is -0.0792. The average molecular weight is 552 g/mol. The number of guanidine groups is 1. The maximum atomic E-state index is 12.4. The van der Waals surface area contributed by atoms with Gasteiger partial charge in [0, 0.05) is 25.3 Å². The lowest BCUT2D eigenvalue weighted by Gasteiger charge is -2.13. The molecule has 1 saturated heterocycles. The maximum absolute atomic E-state index is 12.4. The zero-order valence-electron chi connectivity index (χ0n) is 18.5. The molecular weight excluding hydrogens is 519 g/mol. The van der Waals surface area contributed by atoms with Crippen molar-refractivity contribution >= 4 is 35.8 Å². The molecule has 1 aliphatic rings. The molecule has 0 saturated carbocycles. The summed E-state index contributed by atoms with van der Waals surface area (Å²) in [5, 5.41) is 9.46. The van der Waals surface area contributed by atoms with Crippen LogP contribution >= 0.6 is 24.0 Å². The number of rotatable bonds is 10. The Bertz CT molecular complexity index is 842. The summed E-state index contributed by atoms with van der Waals surface area (Å²) in [6, 6.07) is 17.3. The Morgan fingerprint density at radius 2 is 1.97 bits per heavy atom. The van der Waals surface area contributed by atoms with Gasteiger partial charge in [0.05, 0.1) is 19.2 Å². The molecule has 3 N–H and O–H groups in total. The fraction of sp³-hybridized carbons (Fsp3) is 0.417. The Balaban J connectivity index is 0.00000363. The lowest BCUT2D eigenvalue weighted by Crippen LogP contribution is -2.39. The zero-order chi connectivity index (χ0) is 21.7. The molecule has 0 radical (unpaired) electrons. The second-order valence-corrected chi connectivity index (χ2v) is 7.33. The van der Waals surface area contributed by atoms with Crippen molar-refractivity contribution in [1.29, 1.82) is 0 Å². The van der Waals surface area contributed by atoms with E-state index >= 15 is 0 Å². The molecule has 8 heteroatoms. The highest BCUT2D eigenvalue weighted by Crippen LogP contribution is 2.12. The Morgan fingerprint density at radius 3 is 2.72 bits per heavy atom. The molecule has 0 aromatic heterocycles. The van der Waals surface area contributed by atoms with E-state index < -0.39 is 0 Å². The standard InChI is InChI=1S/C24H32N4O3.HI/c1-2-25-24(26-13-15-31-21-10-4-3-5-11-21)28-17-19-8-6-9-20(16-19)23(29)27-18-22-12-7-14-30-22;/h3-6,8-11,16,22H,2,7,12-15,17-18H2,1H3,(H,27,29)(H2,25,26,28);1H. The first-order valence-corrected chi connectivity index (χ1v) is 10.9. The zero-order valence-corrected chi connectivity index (χ0v) is 20.8. The summed E-state index contributed by atoms with van der Waals surface area (Å²) >= 11 is 0. The molecule has 1 heterocycles. The van der Waals surface area contributed by atoms with Gasteiger partial charge in [-0.15, -0.1) is 24.0 Å². The molecule has 1 amide bonds. The van der Waals surface area contributed by atoms with E-state index in [9.17, 15) is 4.79 Å². The molecular formula is C24H33IN4O3. The van der Waals surface area contributed by atoms with Crippen LogP contribution in [0.3, 0.4) is 0 Å². The molecule has 1 unspecified atom stereocenters. The van der Waals surface area contributed by atoms with Crippen LogP contribution in [0.4, 0.5) is 0 Å². The number of aliphatic imine (C=N–C) groups is 1. The first kappa shape index (κ1) is 25.9. The number of para-hydroxylation sites is 1. The van der Waals surface area contributed by atoms with Crippen molar-refractivity contribution in [2.24, 2.45) is 4.99 Å². The van der Waals surface area contributed by atoms with E-state index in [2.05, 4.69) is 20.9 Å². The summed E-state index contributed by atoms with van der Waals surface area (Å²) in [5.41, 5.74) is 1.61. The molecule has 1 fully saturated rings. The van der Waals surface area contributed by atoms with Crippen LogP contribution in [0.5, 0.6) is 5.75 Å². The van der Waals surface area contributed by atoms with Gasteiger partial charge < -0.3 is 25.4 Å². The second-order valence-electron chi connectivity index (χ2n) is 7.33. The van der Waals surface area contributed by atoms with Crippen LogP contribution in [0, 0.1) is 0 Å². The third kappa shape index (κ3) is 9.04. The van der Waals surface area contributed by atoms with E-state index in [4.69, 9.17) is 9.47 Å². The van der Waals surface area contributed by atoms with Crippen LogP contribution in [0.25, 0.3) is 0 Å². The predicted molar refractivity (Wildman–Crippen MR) is 138 cm³/mol. The largest absolute Gasteiger partial charge is 0.492 e. The number of carbonyl (C=O) groups is 1. The van der Waals surface area contributed by atoms with Crippen molar-refractivity contribution < 1.29 is 14.3 Å². The fourth-order valence-corrected chi connectivity index (χ4v) is 3.29. The molecule has 1 atom stereocenters. The summed E-state index contributed by atoms with van der Waals surface area (Å²) in [6.45, 7) is 5.77. The molecule has 2 aromatic carbocycles. The molecule has 0 bridgehead atoms. The molecule has 0 aliphatic carbocycles. The summed E-state index contributed by atoms with van der Waals surface area (Å²) < 4.78 is 11.3. The van der Waals surface area contributed by atoms with Crippen LogP contribution in [0.15, 0.2) is 59.6 Å². The van der Waals surface area contributed by atoms with Crippen LogP contribution in [-0.2, 0) is 11.3 Å². The van der Waals surface area contributed by atoms with E-state index in [-0.39, 0.29) is 36.0 Å². The Kier molecular flexibility index (Phi) is 11.9. The number of benzene rings is 2. The van der Waals surface area contributed by atoms with Crippen LogP contribution in [0.2, 0.25) is 0 Å². The number of nitrogens with one attached hydrogen (secondary N) is 3. The first-order valence-electron chi connectivity index (χ1n) is 10.9.